The van der Waals surface area contributed by atoms with Crippen molar-refractivity contribution in [1.82, 2.24) is 4.72 Å². The molecule has 0 bridgehead atoms. The molecule has 0 amide bonds. The summed E-state index contributed by atoms with van der Waals surface area (Å²) in [7, 11) is -1.17. The molecule has 2 atom stereocenters. The Bertz CT molecular complexity index is 527. The molecular weight excluding hydrogens is 334 g/mol. The molecule has 0 unspecified atom stereocenters. The summed E-state index contributed by atoms with van der Waals surface area (Å²) in [6.07, 6.45) is 2.25. The molecule has 0 radical (unpaired) electrons. The van der Waals surface area contributed by atoms with E-state index in [2.05, 4.69) is 4.72 Å². The van der Waals surface area contributed by atoms with Crippen molar-refractivity contribution >= 4 is 22.6 Å². The summed E-state index contributed by atoms with van der Waals surface area (Å²) >= 11 is 6.34. The van der Waals surface area contributed by atoms with Gasteiger partial charge in [-0.1, -0.05) is 29.8 Å². The van der Waals surface area contributed by atoms with E-state index in [1.807, 2.05) is 45.0 Å². The topological polar surface area (TPSA) is 47.6 Å². The second kappa shape index (κ2) is 8.58. The smallest absolute Gasteiger partial charge is 0.157 e. The highest BCUT2D eigenvalue weighted by atomic mass is 35.5. The lowest BCUT2D eigenvalue weighted by Crippen LogP contribution is -2.36. The van der Waals surface area contributed by atoms with Crippen molar-refractivity contribution in [2.45, 2.75) is 57.1 Å². The van der Waals surface area contributed by atoms with Gasteiger partial charge in [-0.2, -0.15) is 0 Å². The number of halogens is 1. The van der Waals surface area contributed by atoms with Gasteiger partial charge in [-0.3, -0.25) is 0 Å². The first kappa shape index (κ1) is 18.9. The molecule has 1 aliphatic rings. The fourth-order valence-corrected chi connectivity index (χ4v) is 3.47. The zero-order valence-electron chi connectivity index (χ0n) is 14.0. The molecule has 0 spiro atoms. The molecule has 0 aliphatic carbocycles. The Balaban J connectivity index is 2.07. The molecule has 0 saturated carbocycles. The van der Waals surface area contributed by atoms with Crippen molar-refractivity contribution in [2.24, 2.45) is 0 Å². The fraction of sp³-hybridized carbons (Fsp3) is 0.647. The highest BCUT2D eigenvalue weighted by Gasteiger charge is 2.26. The number of benzene rings is 1. The van der Waals surface area contributed by atoms with Gasteiger partial charge in [0.15, 0.2) is 6.29 Å². The van der Waals surface area contributed by atoms with Gasteiger partial charge in [0.2, 0.25) is 0 Å². The average Bonchev–Trinajstić information content (AvgIpc) is 2.52. The number of hydrogen-bond donors (Lipinski definition) is 1. The van der Waals surface area contributed by atoms with Crippen molar-refractivity contribution < 1.29 is 13.7 Å². The summed E-state index contributed by atoms with van der Waals surface area (Å²) in [6.45, 7) is 7.33. The lowest BCUT2D eigenvalue weighted by molar-refractivity contribution is -0.182. The fourth-order valence-electron chi connectivity index (χ4n) is 2.35. The van der Waals surface area contributed by atoms with Crippen LogP contribution < -0.4 is 4.72 Å². The van der Waals surface area contributed by atoms with Crippen LogP contribution >= 0.6 is 11.6 Å². The molecule has 1 aromatic carbocycles. The van der Waals surface area contributed by atoms with Crippen molar-refractivity contribution in [1.29, 1.82) is 0 Å². The molecule has 0 aromatic heterocycles. The van der Waals surface area contributed by atoms with Crippen LogP contribution in [0.3, 0.4) is 0 Å². The number of rotatable bonds is 6. The maximum absolute atomic E-state index is 12.5. The van der Waals surface area contributed by atoms with Crippen molar-refractivity contribution in [2.75, 3.05) is 13.2 Å². The molecular formula is C17H26ClNO3S. The van der Waals surface area contributed by atoms with Crippen LogP contribution in [-0.4, -0.2) is 28.5 Å². The van der Waals surface area contributed by atoms with E-state index < -0.39 is 11.0 Å². The number of nitrogens with one attached hydrogen (secondary N) is 1. The van der Waals surface area contributed by atoms with Gasteiger partial charge in [0, 0.05) is 17.5 Å². The predicted molar refractivity (Wildman–Crippen MR) is 94.8 cm³/mol. The summed E-state index contributed by atoms with van der Waals surface area (Å²) in [5.41, 5.74) is 0.961. The average molecular weight is 360 g/mol. The third-order valence-corrected chi connectivity index (χ3v) is 5.63. The maximum Gasteiger partial charge on any atom is 0.157 e. The second-order valence-electron chi connectivity index (χ2n) is 6.68. The van der Waals surface area contributed by atoms with E-state index in [0.717, 1.165) is 38.0 Å². The summed E-state index contributed by atoms with van der Waals surface area (Å²) in [4.78, 5) is 0. The first-order valence-corrected chi connectivity index (χ1v) is 9.56. The van der Waals surface area contributed by atoms with Crippen LogP contribution in [0.25, 0.3) is 0 Å². The van der Waals surface area contributed by atoms with Crippen molar-refractivity contribution in [3.8, 4) is 0 Å². The lowest BCUT2D eigenvalue weighted by Gasteiger charge is -2.28. The molecule has 2 rings (SSSR count). The van der Waals surface area contributed by atoms with Gasteiger partial charge in [0.05, 0.1) is 28.9 Å². The molecule has 1 N–H and O–H groups in total. The van der Waals surface area contributed by atoms with E-state index in [1.54, 1.807) is 0 Å². The van der Waals surface area contributed by atoms with Gasteiger partial charge in [-0.25, -0.2) is 8.93 Å². The van der Waals surface area contributed by atoms with Crippen LogP contribution in [0.2, 0.25) is 5.02 Å². The van der Waals surface area contributed by atoms with Crippen LogP contribution in [0, 0.1) is 0 Å². The Morgan fingerprint density at radius 2 is 1.96 bits per heavy atom. The minimum atomic E-state index is -1.17. The Morgan fingerprint density at radius 1 is 1.30 bits per heavy atom. The van der Waals surface area contributed by atoms with Gasteiger partial charge < -0.3 is 9.47 Å². The minimum Gasteiger partial charge on any atom is -0.353 e. The Hall–Kier alpha value is -0.460. The van der Waals surface area contributed by atoms with E-state index in [1.165, 1.54) is 0 Å². The highest BCUT2D eigenvalue weighted by Crippen LogP contribution is 2.29. The summed E-state index contributed by atoms with van der Waals surface area (Å²) in [5, 5.41) is 0.682. The zero-order chi connectivity index (χ0) is 16.9. The second-order valence-corrected chi connectivity index (χ2v) is 9.08. The molecule has 130 valence electrons. The van der Waals surface area contributed by atoms with Crippen LogP contribution in [0.5, 0.6) is 0 Å². The third-order valence-electron chi connectivity index (χ3n) is 3.67. The first-order chi connectivity index (χ1) is 10.9. The van der Waals surface area contributed by atoms with Gasteiger partial charge in [0.25, 0.3) is 0 Å². The highest BCUT2D eigenvalue weighted by molar-refractivity contribution is 7.84. The van der Waals surface area contributed by atoms with Gasteiger partial charge in [0.1, 0.15) is 0 Å². The van der Waals surface area contributed by atoms with E-state index >= 15 is 0 Å². The van der Waals surface area contributed by atoms with Crippen LogP contribution in [-0.2, 0) is 20.5 Å². The predicted octanol–water partition coefficient (Wildman–Crippen LogP) is 3.98. The molecule has 1 saturated heterocycles. The standard InChI is InChI=1S/C17H26ClNO3S/c1-17(2,3)23(20)19-15(13-7-4-5-8-14(13)18)9-10-16-21-11-6-12-22-16/h4-5,7-8,15-16,19H,6,9-12H2,1-3H3/t15-,23-/m0/s1. The number of ether oxygens (including phenoxy) is 2. The van der Waals surface area contributed by atoms with Crippen LogP contribution in [0.4, 0.5) is 0 Å². The normalized spacial score (nSPS) is 19.5. The molecule has 23 heavy (non-hydrogen) atoms. The van der Waals surface area contributed by atoms with Gasteiger partial charge >= 0.3 is 0 Å². The third kappa shape index (κ3) is 5.84. The Labute approximate surface area is 146 Å². The molecule has 1 fully saturated rings. The largest absolute Gasteiger partial charge is 0.353 e. The molecule has 1 aliphatic heterocycles. The van der Waals surface area contributed by atoms with Gasteiger partial charge in [-0.05, 0) is 45.2 Å². The molecule has 4 nitrogen and oxygen atoms in total. The Kier molecular flexibility index (Phi) is 7.04. The lowest BCUT2D eigenvalue weighted by atomic mass is 10.0. The molecule has 1 aromatic rings. The summed E-state index contributed by atoms with van der Waals surface area (Å²) in [5.74, 6) is 0. The van der Waals surface area contributed by atoms with Crippen molar-refractivity contribution in [3.63, 3.8) is 0 Å². The monoisotopic (exact) mass is 359 g/mol. The van der Waals surface area contributed by atoms with E-state index in [9.17, 15) is 4.21 Å². The molecule has 6 heteroatoms. The van der Waals surface area contributed by atoms with Crippen LogP contribution in [0.1, 0.15) is 51.6 Å². The summed E-state index contributed by atoms with van der Waals surface area (Å²) < 4.78 is 26.6. The quantitative estimate of drug-likeness (QED) is 0.835. The maximum atomic E-state index is 12.5. The summed E-state index contributed by atoms with van der Waals surface area (Å²) in [6, 6.07) is 7.58. The minimum absolute atomic E-state index is 0.0992. The van der Waals surface area contributed by atoms with E-state index in [-0.39, 0.29) is 17.1 Å². The SMILES string of the molecule is CC(C)(C)[S@](=O)N[C@@H](CCC1OCCCO1)c1ccccc1Cl. The number of hydrogen-bond acceptors (Lipinski definition) is 3. The van der Waals surface area contributed by atoms with E-state index in [0.29, 0.717) is 5.02 Å². The van der Waals surface area contributed by atoms with E-state index in [4.69, 9.17) is 21.1 Å². The van der Waals surface area contributed by atoms with Crippen LogP contribution in [0.15, 0.2) is 24.3 Å². The molecule has 1 heterocycles. The van der Waals surface area contributed by atoms with Gasteiger partial charge in [-0.15, -0.1) is 0 Å². The zero-order valence-corrected chi connectivity index (χ0v) is 15.6. The Morgan fingerprint density at radius 3 is 2.57 bits per heavy atom. The first-order valence-electron chi connectivity index (χ1n) is 8.03. The van der Waals surface area contributed by atoms with Crippen molar-refractivity contribution in [3.05, 3.63) is 34.9 Å².